The normalized spacial score (nSPS) is 19.6. The number of nitrogens with one attached hydrogen (secondary N) is 2. The lowest BCUT2D eigenvalue weighted by molar-refractivity contribution is -0.123. The summed E-state index contributed by atoms with van der Waals surface area (Å²) in [5.74, 6) is 0.816. The van der Waals surface area contributed by atoms with Gasteiger partial charge in [-0.05, 0) is 32.6 Å². The van der Waals surface area contributed by atoms with Crippen LogP contribution in [0.15, 0.2) is 0 Å². The first-order valence-electron chi connectivity index (χ1n) is 6.64. The molecule has 0 heterocycles. The molecule has 0 aromatic heterocycles. The third-order valence-electron chi connectivity index (χ3n) is 3.59. The molecule has 0 aromatic carbocycles. The number of hydrogen-bond donors (Lipinski definition) is 2. The Morgan fingerprint density at radius 3 is 2.25 bits per heavy atom. The van der Waals surface area contributed by atoms with Crippen LogP contribution in [0.25, 0.3) is 0 Å². The molecule has 0 spiro atoms. The predicted molar refractivity (Wildman–Crippen MR) is 67.3 cm³/mol. The average Bonchev–Trinajstić information content (AvgIpc) is 3.03. The SMILES string of the molecule is CCC(CC)C(C)NC(C)C(=O)NC1CC1. The number of amides is 1. The van der Waals surface area contributed by atoms with E-state index >= 15 is 0 Å². The summed E-state index contributed by atoms with van der Waals surface area (Å²) < 4.78 is 0. The maximum Gasteiger partial charge on any atom is 0.237 e. The lowest BCUT2D eigenvalue weighted by Gasteiger charge is -2.25. The van der Waals surface area contributed by atoms with Crippen LogP contribution < -0.4 is 10.6 Å². The van der Waals surface area contributed by atoms with Gasteiger partial charge in [0.05, 0.1) is 6.04 Å². The molecular weight excluding hydrogens is 200 g/mol. The first-order valence-corrected chi connectivity index (χ1v) is 6.64. The van der Waals surface area contributed by atoms with E-state index in [0.717, 1.165) is 12.8 Å². The summed E-state index contributed by atoms with van der Waals surface area (Å²) >= 11 is 0. The molecule has 0 aromatic rings. The van der Waals surface area contributed by atoms with Crippen molar-refractivity contribution in [1.82, 2.24) is 10.6 Å². The maximum atomic E-state index is 11.8. The molecule has 2 N–H and O–H groups in total. The van der Waals surface area contributed by atoms with E-state index in [4.69, 9.17) is 0 Å². The van der Waals surface area contributed by atoms with E-state index in [9.17, 15) is 4.79 Å². The van der Waals surface area contributed by atoms with Gasteiger partial charge in [0.1, 0.15) is 0 Å². The lowest BCUT2D eigenvalue weighted by Crippen LogP contribution is -2.48. The molecule has 3 nitrogen and oxygen atoms in total. The third kappa shape index (κ3) is 4.12. The van der Waals surface area contributed by atoms with Gasteiger partial charge in [0.25, 0.3) is 0 Å². The van der Waals surface area contributed by atoms with Gasteiger partial charge in [-0.15, -0.1) is 0 Å². The fraction of sp³-hybridized carbons (Fsp3) is 0.923. The Hall–Kier alpha value is -0.570. The Balaban J connectivity index is 2.30. The fourth-order valence-corrected chi connectivity index (χ4v) is 2.16. The second kappa shape index (κ2) is 6.24. The second-order valence-electron chi connectivity index (χ2n) is 5.04. The van der Waals surface area contributed by atoms with Crippen LogP contribution in [0, 0.1) is 5.92 Å². The third-order valence-corrected chi connectivity index (χ3v) is 3.59. The minimum atomic E-state index is -0.0730. The molecule has 1 rings (SSSR count). The Morgan fingerprint density at radius 1 is 1.25 bits per heavy atom. The highest BCUT2D eigenvalue weighted by Gasteiger charge is 2.26. The number of carbonyl (C=O) groups excluding carboxylic acids is 1. The first-order chi connectivity index (χ1) is 7.58. The van der Waals surface area contributed by atoms with Crippen LogP contribution in [0.2, 0.25) is 0 Å². The van der Waals surface area contributed by atoms with Crippen molar-refractivity contribution in [3.8, 4) is 0 Å². The minimum absolute atomic E-state index is 0.0730. The highest BCUT2D eigenvalue weighted by Crippen LogP contribution is 2.19. The van der Waals surface area contributed by atoms with Gasteiger partial charge in [-0.1, -0.05) is 26.7 Å². The lowest BCUT2D eigenvalue weighted by atomic mass is 9.95. The van der Waals surface area contributed by atoms with Gasteiger partial charge in [0.15, 0.2) is 0 Å². The summed E-state index contributed by atoms with van der Waals surface area (Å²) in [6.45, 7) is 8.55. The van der Waals surface area contributed by atoms with Crippen molar-refractivity contribution in [2.75, 3.05) is 0 Å². The summed E-state index contributed by atoms with van der Waals surface area (Å²) in [5, 5.41) is 6.44. The number of rotatable bonds is 7. The summed E-state index contributed by atoms with van der Waals surface area (Å²) in [4.78, 5) is 11.8. The van der Waals surface area contributed by atoms with Crippen LogP contribution in [0.4, 0.5) is 0 Å². The largest absolute Gasteiger partial charge is 0.352 e. The van der Waals surface area contributed by atoms with Gasteiger partial charge in [-0.3, -0.25) is 4.79 Å². The number of hydrogen-bond acceptors (Lipinski definition) is 2. The summed E-state index contributed by atoms with van der Waals surface area (Å²) in [7, 11) is 0. The van der Waals surface area contributed by atoms with Crippen molar-refractivity contribution < 1.29 is 4.79 Å². The van der Waals surface area contributed by atoms with Crippen molar-refractivity contribution in [2.24, 2.45) is 5.92 Å². The molecule has 1 aliphatic rings. The van der Waals surface area contributed by atoms with Gasteiger partial charge in [-0.2, -0.15) is 0 Å². The Bertz CT molecular complexity index is 222. The monoisotopic (exact) mass is 226 g/mol. The van der Waals surface area contributed by atoms with Gasteiger partial charge in [0, 0.05) is 12.1 Å². The Labute approximate surface area is 99.4 Å². The van der Waals surface area contributed by atoms with Crippen molar-refractivity contribution in [2.45, 2.75) is 71.5 Å². The minimum Gasteiger partial charge on any atom is -0.352 e. The second-order valence-corrected chi connectivity index (χ2v) is 5.04. The van der Waals surface area contributed by atoms with Gasteiger partial charge in [0.2, 0.25) is 5.91 Å². The van der Waals surface area contributed by atoms with Gasteiger partial charge in [-0.25, -0.2) is 0 Å². The van der Waals surface area contributed by atoms with Crippen LogP contribution in [-0.4, -0.2) is 24.0 Å². The Morgan fingerprint density at radius 2 is 1.81 bits per heavy atom. The zero-order valence-electron chi connectivity index (χ0n) is 11.0. The maximum absolute atomic E-state index is 11.8. The van der Waals surface area contributed by atoms with Crippen molar-refractivity contribution >= 4 is 5.91 Å². The first kappa shape index (κ1) is 13.5. The van der Waals surface area contributed by atoms with Crippen molar-refractivity contribution in [3.63, 3.8) is 0 Å². The van der Waals surface area contributed by atoms with E-state index in [1.807, 2.05) is 6.92 Å². The van der Waals surface area contributed by atoms with Gasteiger partial charge >= 0.3 is 0 Å². The van der Waals surface area contributed by atoms with Gasteiger partial charge < -0.3 is 10.6 Å². The molecule has 0 saturated heterocycles. The average molecular weight is 226 g/mol. The van der Waals surface area contributed by atoms with Crippen LogP contribution in [0.3, 0.4) is 0 Å². The molecule has 1 aliphatic carbocycles. The summed E-state index contributed by atoms with van der Waals surface area (Å²) in [6, 6.07) is 0.798. The molecule has 16 heavy (non-hydrogen) atoms. The highest BCUT2D eigenvalue weighted by molar-refractivity contribution is 5.81. The Kier molecular flexibility index (Phi) is 5.26. The van der Waals surface area contributed by atoms with E-state index in [1.54, 1.807) is 0 Å². The zero-order valence-corrected chi connectivity index (χ0v) is 11.0. The quantitative estimate of drug-likeness (QED) is 0.698. The molecule has 2 atom stereocenters. The van der Waals surface area contributed by atoms with E-state index in [0.29, 0.717) is 18.0 Å². The number of carbonyl (C=O) groups is 1. The fourth-order valence-electron chi connectivity index (χ4n) is 2.16. The van der Waals surface area contributed by atoms with E-state index in [-0.39, 0.29) is 11.9 Å². The van der Waals surface area contributed by atoms with Crippen LogP contribution in [0.5, 0.6) is 0 Å². The molecule has 1 fully saturated rings. The molecule has 2 unspecified atom stereocenters. The molecule has 1 amide bonds. The molecule has 3 heteroatoms. The standard InChI is InChI=1S/C13H26N2O/c1-5-11(6-2)9(3)14-10(4)13(16)15-12-7-8-12/h9-12,14H,5-8H2,1-4H3,(H,15,16). The van der Waals surface area contributed by atoms with Crippen LogP contribution >= 0.6 is 0 Å². The van der Waals surface area contributed by atoms with Crippen LogP contribution in [-0.2, 0) is 4.79 Å². The molecule has 1 saturated carbocycles. The van der Waals surface area contributed by atoms with E-state index < -0.39 is 0 Å². The van der Waals surface area contributed by atoms with Crippen molar-refractivity contribution in [1.29, 1.82) is 0 Å². The predicted octanol–water partition coefficient (Wildman–Crippen LogP) is 2.07. The van der Waals surface area contributed by atoms with E-state index in [1.165, 1.54) is 12.8 Å². The molecule has 0 bridgehead atoms. The summed E-state index contributed by atoms with van der Waals surface area (Å²) in [6.07, 6.45) is 4.64. The van der Waals surface area contributed by atoms with Crippen LogP contribution in [0.1, 0.15) is 53.4 Å². The molecule has 0 aliphatic heterocycles. The molecular formula is C13H26N2O. The summed E-state index contributed by atoms with van der Waals surface area (Å²) in [5.41, 5.74) is 0. The van der Waals surface area contributed by atoms with E-state index in [2.05, 4.69) is 31.4 Å². The van der Waals surface area contributed by atoms with Crippen molar-refractivity contribution in [3.05, 3.63) is 0 Å². The molecule has 94 valence electrons. The molecule has 0 radical (unpaired) electrons. The highest BCUT2D eigenvalue weighted by atomic mass is 16.2. The zero-order chi connectivity index (χ0) is 12.1. The topological polar surface area (TPSA) is 41.1 Å². The smallest absolute Gasteiger partial charge is 0.237 e.